The summed E-state index contributed by atoms with van der Waals surface area (Å²) in [6.45, 7) is 9.94. The number of nitrogens with zero attached hydrogens (tertiary/aromatic N) is 3. The van der Waals surface area contributed by atoms with Crippen molar-refractivity contribution in [2.45, 2.75) is 32.2 Å². The fourth-order valence-electron chi connectivity index (χ4n) is 2.40. The summed E-state index contributed by atoms with van der Waals surface area (Å²) in [6.07, 6.45) is 2.30. The van der Waals surface area contributed by atoms with Crippen molar-refractivity contribution in [1.29, 1.82) is 0 Å². The SMILES string of the molecule is COCCCCN1CCN(C(C)(C)C(N)=NO)CC1. The van der Waals surface area contributed by atoms with Gasteiger partial charge in [0, 0.05) is 39.9 Å². The van der Waals surface area contributed by atoms with E-state index < -0.39 is 0 Å². The Balaban J connectivity index is 2.32. The molecule has 1 saturated heterocycles. The zero-order chi connectivity index (χ0) is 14.3. The first-order chi connectivity index (χ1) is 9.02. The van der Waals surface area contributed by atoms with Gasteiger partial charge in [0.05, 0.1) is 5.54 Å². The van der Waals surface area contributed by atoms with Crippen molar-refractivity contribution in [2.24, 2.45) is 10.9 Å². The minimum absolute atomic E-state index is 0.279. The van der Waals surface area contributed by atoms with E-state index in [4.69, 9.17) is 15.7 Å². The minimum Gasteiger partial charge on any atom is -0.409 e. The van der Waals surface area contributed by atoms with E-state index in [-0.39, 0.29) is 11.4 Å². The lowest BCUT2D eigenvalue weighted by Crippen LogP contribution is -2.59. The van der Waals surface area contributed by atoms with E-state index >= 15 is 0 Å². The predicted octanol–water partition coefficient (Wildman–Crippen LogP) is 0.556. The monoisotopic (exact) mass is 272 g/mol. The Morgan fingerprint density at radius 3 is 2.42 bits per heavy atom. The molecule has 6 heteroatoms. The number of rotatable bonds is 7. The molecule has 0 bridgehead atoms. The van der Waals surface area contributed by atoms with Crippen LogP contribution in [-0.2, 0) is 4.74 Å². The maximum Gasteiger partial charge on any atom is 0.159 e. The van der Waals surface area contributed by atoms with Crippen LogP contribution >= 0.6 is 0 Å². The number of methoxy groups -OCH3 is 1. The highest BCUT2D eigenvalue weighted by Crippen LogP contribution is 2.17. The molecule has 1 aliphatic heterocycles. The summed E-state index contributed by atoms with van der Waals surface area (Å²) >= 11 is 0. The van der Waals surface area contributed by atoms with Crippen molar-refractivity contribution in [3.8, 4) is 0 Å². The van der Waals surface area contributed by atoms with Gasteiger partial charge in [-0.25, -0.2) is 0 Å². The summed E-state index contributed by atoms with van der Waals surface area (Å²) in [7, 11) is 1.74. The highest BCUT2D eigenvalue weighted by Gasteiger charge is 2.33. The Morgan fingerprint density at radius 1 is 1.26 bits per heavy atom. The van der Waals surface area contributed by atoms with E-state index in [1.165, 1.54) is 6.42 Å². The van der Waals surface area contributed by atoms with Crippen molar-refractivity contribution in [3.63, 3.8) is 0 Å². The van der Waals surface area contributed by atoms with Crippen LogP contribution in [0.25, 0.3) is 0 Å². The third-order valence-electron chi connectivity index (χ3n) is 3.97. The second-order valence-electron chi connectivity index (χ2n) is 5.57. The summed E-state index contributed by atoms with van der Waals surface area (Å²) in [5, 5.41) is 12.0. The molecule has 0 spiro atoms. The van der Waals surface area contributed by atoms with Gasteiger partial charge < -0.3 is 20.6 Å². The van der Waals surface area contributed by atoms with Crippen molar-refractivity contribution >= 4 is 5.84 Å². The third kappa shape index (κ3) is 4.63. The van der Waals surface area contributed by atoms with Crippen LogP contribution in [0, 0.1) is 0 Å². The van der Waals surface area contributed by atoms with E-state index in [1.807, 2.05) is 13.8 Å². The molecule has 0 aromatic heterocycles. The highest BCUT2D eigenvalue weighted by molar-refractivity contribution is 5.88. The molecule has 0 aromatic rings. The van der Waals surface area contributed by atoms with Crippen molar-refractivity contribution in [3.05, 3.63) is 0 Å². The molecule has 1 rings (SSSR count). The van der Waals surface area contributed by atoms with Gasteiger partial charge in [0.2, 0.25) is 0 Å². The molecular weight excluding hydrogens is 244 g/mol. The van der Waals surface area contributed by atoms with Crippen LogP contribution in [0.1, 0.15) is 26.7 Å². The lowest BCUT2D eigenvalue weighted by atomic mass is 10.00. The second kappa shape index (κ2) is 7.67. The smallest absolute Gasteiger partial charge is 0.159 e. The van der Waals surface area contributed by atoms with Gasteiger partial charge in [-0.15, -0.1) is 0 Å². The fourth-order valence-corrected chi connectivity index (χ4v) is 2.40. The normalized spacial score (nSPS) is 19.8. The Hall–Kier alpha value is -0.850. The standard InChI is InChI=1S/C13H28N4O2/c1-13(2,12(14)15-18)17-9-7-16(8-10-17)6-4-5-11-19-3/h18H,4-11H2,1-3H3,(H2,14,15). The van der Waals surface area contributed by atoms with Gasteiger partial charge in [-0.2, -0.15) is 0 Å². The average molecular weight is 272 g/mol. The first-order valence-electron chi connectivity index (χ1n) is 6.96. The topological polar surface area (TPSA) is 74.3 Å². The molecule has 1 fully saturated rings. The summed E-state index contributed by atoms with van der Waals surface area (Å²) in [5.74, 6) is 0.279. The van der Waals surface area contributed by atoms with Gasteiger partial charge in [-0.1, -0.05) is 5.16 Å². The molecule has 112 valence electrons. The van der Waals surface area contributed by atoms with Gasteiger partial charge >= 0.3 is 0 Å². The van der Waals surface area contributed by atoms with E-state index in [0.717, 1.165) is 45.8 Å². The third-order valence-corrected chi connectivity index (χ3v) is 3.97. The molecule has 0 unspecified atom stereocenters. The summed E-state index contributed by atoms with van der Waals surface area (Å²) in [6, 6.07) is 0. The highest BCUT2D eigenvalue weighted by atomic mass is 16.5. The van der Waals surface area contributed by atoms with Gasteiger partial charge in [-0.05, 0) is 33.2 Å². The molecule has 0 saturated carbocycles. The number of unbranched alkanes of at least 4 members (excludes halogenated alkanes) is 1. The summed E-state index contributed by atoms with van der Waals surface area (Å²) < 4.78 is 5.05. The maximum absolute atomic E-state index is 8.83. The minimum atomic E-state index is -0.378. The second-order valence-corrected chi connectivity index (χ2v) is 5.57. The van der Waals surface area contributed by atoms with E-state index in [0.29, 0.717) is 0 Å². The van der Waals surface area contributed by atoms with Crippen LogP contribution in [0.2, 0.25) is 0 Å². The number of piperazine rings is 1. The molecule has 19 heavy (non-hydrogen) atoms. The molecular formula is C13H28N4O2. The number of oxime groups is 1. The van der Waals surface area contributed by atoms with Crippen LogP contribution in [0.5, 0.6) is 0 Å². The van der Waals surface area contributed by atoms with Gasteiger partial charge in [0.25, 0.3) is 0 Å². The van der Waals surface area contributed by atoms with Crippen LogP contribution in [0.3, 0.4) is 0 Å². The Kier molecular flexibility index (Phi) is 6.54. The molecule has 0 radical (unpaired) electrons. The number of amidine groups is 1. The van der Waals surface area contributed by atoms with E-state index in [9.17, 15) is 0 Å². The van der Waals surface area contributed by atoms with Crippen LogP contribution in [-0.4, -0.2) is 72.8 Å². The van der Waals surface area contributed by atoms with Gasteiger partial charge in [0.1, 0.15) is 0 Å². The van der Waals surface area contributed by atoms with Gasteiger partial charge in [-0.3, -0.25) is 4.90 Å². The number of hydrogen-bond acceptors (Lipinski definition) is 5. The lowest BCUT2D eigenvalue weighted by molar-refractivity contribution is 0.0806. The molecule has 0 aromatic carbocycles. The maximum atomic E-state index is 8.83. The molecule has 6 nitrogen and oxygen atoms in total. The Labute approximate surface area is 116 Å². The Bertz CT molecular complexity index is 286. The molecule has 0 amide bonds. The zero-order valence-electron chi connectivity index (χ0n) is 12.4. The van der Waals surface area contributed by atoms with Crippen LogP contribution in [0.15, 0.2) is 5.16 Å². The first-order valence-corrected chi connectivity index (χ1v) is 6.96. The lowest BCUT2D eigenvalue weighted by Gasteiger charge is -2.43. The molecule has 1 aliphatic rings. The Morgan fingerprint density at radius 2 is 1.89 bits per heavy atom. The van der Waals surface area contributed by atoms with Gasteiger partial charge in [0.15, 0.2) is 5.84 Å². The van der Waals surface area contributed by atoms with E-state index in [2.05, 4.69) is 15.0 Å². The number of hydrogen-bond donors (Lipinski definition) is 2. The fraction of sp³-hybridized carbons (Fsp3) is 0.923. The zero-order valence-corrected chi connectivity index (χ0v) is 12.4. The molecule has 0 atom stereocenters. The van der Waals surface area contributed by atoms with Crippen molar-refractivity contribution in [1.82, 2.24) is 9.80 Å². The van der Waals surface area contributed by atoms with Crippen molar-refractivity contribution in [2.75, 3.05) is 46.4 Å². The quantitative estimate of drug-likeness (QED) is 0.233. The van der Waals surface area contributed by atoms with Crippen molar-refractivity contribution < 1.29 is 9.94 Å². The van der Waals surface area contributed by atoms with E-state index in [1.54, 1.807) is 7.11 Å². The molecule has 0 aliphatic carbocycles. The van der Waals surface area contributed by atoms with Crippen LogP contribution in [0.4, 0.5) is 0 Å². The molecule has 3 N–H and O–H groups in total. The summed E-state index contributed by atoms with van der Waals surface area (Å²) in [4.78, 5) is 4.74. The predicted molar refractivity (Wildman–Crippen MR) is 76.6 cm³/mol. The molecule has 1 heterocycles. The largest absolute Gasteiger partial charge is 0.409 e. The van der Waals surface area contributed by atoms with Crippen LogP contribution < -0.4 is 5.73 Å². The first kappa shape index (κ1) is 16.2. The summed E-state index contributed by atoms with van der Waals surface area (Å²) in [5.41, 5.74) is 5.38. The average Bonchev–Trinajstić information content (AvgIpc) is 2.43. The number of nitrogens with two attached hydrogens (primary N) is 1. The number of ether oxygens (including phenoxy) is 1.